The standard InChI is InChI=1S/C44H26N4O2/c1-5-13-35-31(9-1)39(27-21-29(25-45-23-27)43-47-17-19-49-43)32-10-2-6-14-36(32)41(35)42-37-15-7-3-11-33(37)40(34-12-4-8-16-38(34)42)28-22-30(26-46-24-28)44-48-18-20-50-44/h1-26H. The van der Waals surface area contributed by atoms with Gasteiger partial charge in [-0.05, 0) is 77.5 Å². The Hall–Kier alpha value is -6.92. The van der Waals surface area contributed by atoms with Crippen LogP contribution in [0, 0.1) is 0 Å². The molecule has 0 saturated heterocycles. The summed E-state index contributed by atoms with van der Waals surface area (Å²) in [6, 6.07) is 39.1. The maximum atomic E-state index is 5.65. The van der Waals surface area contributed by atoms with Crippen molar-refractivity contribution in [3.63, 3.8) is 0 Å². The molecule has 4 aromatic heterocycles. The fraction of sp³-hybridized carbons (Fsp3) is 0. The quantitative estimate of drug-likeness (QED) is 0.174. The van der Waals surface area contributed by atoms with Crippen LogP contribution in [-0.2, 0) is 0 Å². The van der Waals surface area contributed by atoms with E-state index in [4.69, 9.17) is 8.83 Å². The highest BCUT2D eigenvalue weighted by Gasteiger charge is 2.23. The van der Waals surface area contributed by atoms with Crippen LogP contribution in [-0.4, -0.2) is 19.9 Å². The summed E-state index contributed by atoms with van der Waals surface area (Å²) in [5.74, 6) is 1.09. The summed E-state index contributed by atoms with van der Waals surface area (Å²) in [5.41, 5.74) is 8.31. The Bertz CT molecular complexity index is 2560. The van der Waals surface area contributed by atoms with Gasteiger partial charge in [-0.2, -0.15) is 0 Å². The van der Waals surface area contributed by atoms with Gasteiger partial charge in [0.25, 0.3) is 0 Å². The Kier molecular flexibility index (Phi) is 6.39. The molecule has 10 rings (SSSR count). The molecule has 0 amide bonds. The fourth-order valence-electron chi connectivity index (χ4n) is 7.54. The van der Waals surface area contributed by atoms with Crippen molar-refractivity contribution < 1.29 is 8.83 Å². The molecule has 0 radical (unpaired) electrons. The highest BCUT2D eigenvalue weighted by molar-refractivity contribution is 6.29. The van der Waals surface area contributed by atoms with Crippen LogP contribution >= 0.6 is 0 Å². The first-order valence-corrected chi connectivity index (χ1v) is 16.4. The second-order valence-electron chi connectivity index (χ2n) is 12.3. The van der Waals surface area contributed by atoms with Gasteiger partial charge >= 0.3 is 0 Å². The van der Waals surface area contributed by atoms with Gasteiger partial charge in [-0.25, -0.2) is 9.97 Å². The zero-order valence-corrected chi connectivity index (χ0v) is 26.6. The summed E-state index contributed by atoms with van der Waals surface area (Å²) in [7, 11) is 0. The van der Waals surface area contributed by atoms with Crippen molar-refractivity contribution in [2.24, 2.45) is 0 Å². The van der Waals surface area contributed by atoms with Crippen LogP contribution in [0.2, 0.25) is 0 Å². The number of benzene rings is 6. The molecule has 6 aromatic carbocycles. The van der Waals surface area contributed by atoms with Gasteiger partial charge in [-0.1, -0.05) is 97.1 Å². The summed E-state index contributed by atoms with van der Waals surface area (Å²) in [5, 5.41) is 9.24. The van der Waals surface area contributed by atoms with Crippen molar-refractivity contribution in [2.75, 3.05) is 0 Å². The van der Waals surface area contributed by atoms with E-state index < -0.39 is 0 Å². The molecular weight excluding hydrogens is 617 g/mol. The molecule has 4 heterocycles. The van der Waals surface area contributed by atoms with E-state index in [0.717, 1.165) is 54.9 Å². The lowest BCUT2D eigenvalue weighted by Gasteiger charge is -2.22. The topological polar surface area (TPSA) is 77.8 Å². The van der Waals surface area contributed by atoms with Crippen LogP contribution in [0.25, 0.3) is 99.4 Å². The molecule has 0 bridgehead atoms. The number of fused-ring (bicyclic) bond motifs is 4. The molecule has 0 unspecified atom stereocenters. The second kappa shape index (κ2) is 11.4. The maximum Gasteiger partial charge on any atom is 0.227 e. The highest BCUT2D eigenvalue weighted by Crippen LogP contribution is 2.50. The summed E-state index contributed by atoms with van der Waals surface area (Å²) in [6.07, 6.45) is 13.9. The number of pyridine rings is 2. The summed E-state index contributed by atoms with van der Waals surface area (Å²) >= 11 is 0. The Morgan fingerprint density at radius 1 is 0.340 bits per heavy atom. The van der Waals surface area contributed by atoms with E-state index in [2.05, 4.69) is 129 Å². The van der Waals surface area contributed by atoms with Gasteiger partial charge in [-0.3, -0.25) is 9.97 Å². The van der Waals surface area contributed by atoms with Gasteiger partial charge in [0, 0.05) is 35.9 Å². The molecule has 6 heteroatoms. The zero-order valence-electron chi connectivity index (χ0n) is 26.6. The summed E-state index contributed by atoms with van der Waals surface area (Å²) < 4.78 is 11.3. The number of nitrogens with zero attached hydrogens (tertiary/aromatic N) is 4. The predicted octanol–water partition coefficient (Wildman–Crippen LogP) is 11.4. The average molecular weight is 643 g/mol. The van der Waals surface area contributed by atoms with Crippen LogP contribution in [0.15, 0.2) is 168 Å². The molecule has 0 fully saturated rings. The minimum atomic E-state index is 0.545. The molecule has 10 aromatic rings. The molecule has 0 aliphatic heterocycles. The Morgan fingerprint density at radius 3 is 0.940 bits per heavy atom. The molecule has 0 spiro atoms. The smallest absolute Gasteiger partial charge is 0.227 e. The van der Waals surface area contributed by atoms with Crippen molar-refractivity contribution in [1.82, 2.24) is 19.9 Å². The monoisotopic (exact) mass is 642 g/mol. The average Bonchev–Trinajstić information content (AvgIpc) is 3.93. The molecule has 0 saturated carbocycles. The van der Waals surface area contributed by atoms with Crippen molar-refractivity contribution in [3.05, 3.63) is 159 Å². The van der Waals surface area contributed by atoms with Crippen LogP contribution in [0.1, 0.15) is 0 Å². The minimum Gasteiger partial charge on any atom is -0.444 e. The Balaban J connectivity index is 1.32. The third-order valence-electron chi connectivity index (χ3n) is 9.53. The third-order valence-corrected chi connectivity index (χ3v) is 9.53. The van der Waals surface area contributed by atoms with Gasteiger partial charge in [0.2, 0.25) is 11.8 Å². The number of hydrogen-bond donors (Lipinski definition) is 0. The molecule has 50 heavy (non-hydrogen) atoms. The van der Waals surface area contributed by atoms with E-state index in [1.54, 1.807) is 37.3 Å². The maximum absolute atomic E-state index is 5.65. The third kappa shape index (κ3) is 4.36. The molecule has 0 aliphatic rings. The normalized spacial score (nSPS) is 11.6. The predicted molar refractivity (Wildman–Crippen MR) is 199 cm³/mol. The van der Waals surface area contributed by atoms with Gasteiger partial charge in [-0.15, -0.1) is 0 Å². The van der Waals surface area contributed by atoms with Crippen LogP contribution < -0.4 is 0 Å². The number of rotatable bonds is 5. The lowest BCUT2D eigenvalue weighted by atomic mass is 9.81. The van der Waals surface area contributed by atoms with Crippen LogP contribution in [0.4, 0.5) is 0 Å². The first-order chi connectivity index (χ1) is 24.8. The van der Waals surface area contributed by atoms with E-state index in [-0.39, 0.29) is 0 Å². The van der Waals surface area contributed by atoms with Crippen molar-refractivity contribution in [2.45, 2.75) is 0 Å². The van der Waals surface area contributed by atoms with Crippen molar-refractivity contribution in [3.8, 4) is 56.3 Å². The van der Waals surface area contributed by atoms with Crippen LogP contribution in [0.5, 0.6) is 0 Å². The van der Waals surface area contributed by atoms with Crippen LogP contribution in [0.3, 0.4) is 0 Å². The molecule has 0 N–H and O–H groups in total. The zero-order chi connectivity index (χ0) is 33.0. The largest absolute Gasteiger partial charge is 0.444 e. The fourth-order valence-corrected chi connectivity index (χ4v) is 7.54. The number of oxazole rings is 2. The lowest BCUT2D eigenvalue weighted by molar-refractivity contribution is 0.574. The molecule has 234 valence electrons. The molecule has 6 nitrogen and oxygen atoms in total. The van der Waals surface area contributed by atoms with E-state index in [9.17, 15) is 0 Å². The van der Waals surface area contributed by atoms with Gasteiger partial charge in [0.15, 0.2) is 0 Å². The Labute approximate surface area is 286 Å². The minimum absolute atomic E-state index is 0.545. The summed E-state index contributed by atoms with van der Waals surface area (Å²) in [6.45, 7) is 0. The number of hydrogen-bond acceptors (Lipinski definition) is 6. The van der Waals surface area contributed by atoms with Crippen molar-refractivity contribution >= 4 is 43.1 Å². The SMILES string of the molecule is c1ccc2c(-c3c4ccccc4c(-c4cncc(-c5ncco5)c4)c4ccccc34)c3ccccc3c(-c3cncc(-c4ncco4)c3)c2c1. The van der Waals surface area contributed by atoms with Crippen molar-refractivity contribution in [1.29, 1.82) is 0 Å². The van der Waals surface area contributed by atoms with E-state index >= 15 is 0 Å². The van der Waals surface area contributed by atoms with Gasteiger partial charge < -0.3 is 8.83 Å². The summed E-state index contributed by atoms with van der Waals surface area (Å²) in [4.78, 5) is 18.0. The second-order valence-corrected chi connectivity index (χ2v) is 12.3. The first kappa shape index (κ1) is 28.1. The molecule has 0 atom stereocenters. The highest BCUT2D eigenvalue weighted by atomic mass is 16.3. The van der Waals surface area contributed by atoms with E-state index in [1.165, 1.54) is 32.7 Å². The molecular formula is C44H26N4O2. The van der Waals surface area contributed by atoms with Gasteiger partial charge in [0.1, 0.15) is 12.5 Å². The number of aromatic nitrogens is 4. The molecule has 0 aliphatic carbocycles. The van der Waals surface area contributed by atoms with E-state index in [1.807, 2.05) is 12.4 Å². The first-order valence-electron chi connectivity index (χ1n) is 16.4. The van der Waals surface area contributed by atoms with E-state index in [0.29, 0.717) is 11.8 Å². The lowest BCUT2D eigenvalue weighted by Crippen LogP contribution is -1.95. The van der Waals surface area contributed by atoms with Gasteiger partial charge in [0.05, 0.1) is 23.5 Å². The Morgan fingerprint density at radius 2 is 0.640 bits per heavy atom.